The lowest BCUT2D eigenvalue weighted by Crippen LogP contribution is -2.34. The van der Waals surface area contributed by atoms with E-state index in [0.29, 0.717) is 17.0 Å². The third kappa shape index (κ3) is 2.18. The molecule has 18 heavy (non-hydrogen) atoms. The SMILES string of the molecule is OCC1CCN(c2nc3cc(Cl)ccc3o2)CC1. The second-order valence-electron chi connectivity index (χ2n) is 4.72. The predicted octanol–water partition coefficient (Wildman–Crippen LogP) is 2.69. The number of hydrogen-bond donors (Lipinski definition) is 1. The van der Waals surface area contributed by atoms with Crippen molar-refractivity contribution in [2.75, 3.05) is 24.6 Å². The molecule has 1 saturated heterocycles. The van der Waals surface area contributed by atoms with Crippen molar-refractivity contribution in [2.45, 2.75) is 12.8 Å². The molecular weight excluding hydrogens is 252 g/mol. The maximum atomic E-state index is 9.12. The second kappa shape index (κ2) is 4.78. The molecule has 0 atom stereocenters. The summed E-state index contributed by atoms with van der Waals surface area (Å²) in [7, 11) is 0. The Morgan fingerprint density at radius 1 is 1.39 bits per heavy atom. The Kier molecular flexibility index (Phi) is 3.14. The molecule has 1 N–H and O–H groups in total. The van der Waals surface area contributed by atoms with E-state index in [1.54, 1.807) is 6.07 Å². The van der Waals surface area contributed by atoms with Crippen LogP contribution < -0.4 is 4.90 Å². The number of hydrogen-bond acceptors (Lipinski definition) is 4. The molecule has 4 nitrogen and oxygen atoms in total. The van der Waals surface area contributed by atoms with Gasteiger partial charge in [-0.25, -0.2) is 0 Å². The molecule has 5 heteroatoms. The highest BCUT2D eigenvalue weighted by Crippen LogP contribution is 2.27. The quantitative estimate of drug-likeness (QED) is 0.908. The highest BCUT2D eigenvalue weighted by atomic mass is 35.5. The number of benzene rings is 1. The van der Waals surface area contributed by atoms with Crippen LogP contribution in [0.3, 0.4) is 0 Å². The van der Waals surface area contributed by atoms with Gasteiger partial charge in [0.15, 0.2) is 5.58 Å². The first-order valence-corrected chi connectivity index (χ1v) is 6.56. The summed E-state index contributed by atoms with van der Waals surface area (Å²) >= 11 is 5.93. The molecule has 0 bridgehead atoms. The molecular formula is C13H15ClN2O2. The van der Waals surface area contributed by atoms with Crippen molar-refractivity contribution in [1.29, 1.82) is 0 Å². The van der Waals surface area contributed by atoms with E-state index in [1.807, 2.05) is 12.1 Å². The topological polar surface area (TPSA) is 49.5 Å². The fraction of sp³-hybridized carbons (Fsp3) is 0.462. The molecule has 1 fully saturated rings. The van der Waals surface area contributed by atoms with E-state index in [2.05, 4.69) is 9.88 Å². The molecule has 0 radical (unpaired) electrons. The first-order valence-electron chi connectivity index (χ1n) is 6.18. The van der Waals surface area contributed by atoms with Crippen LogP contribution in [0, 0.1) is 5.92 Å². The largest absolute Gasteiger partial charge is 0.423 e. The van der Waals surface area contributed by atoms with E-state index < -0.39 is 0 Å². The number of nitrogens with zero attached hydrogens (tertiary/aromatic N) is 2. The first-order chi connectivity index (χ1) is 8.76. The smallest absolute Gasteiger partial charge is 0.298 e. The number of piperidine rings is 1. The Bertz CT molecular complexity index is 547. The third-order valence-electron chi connectivity index (χ3n) is 3.48. The van der Waals surface area contributed by atoms with Gasteiger partial charge in [-0.15, -0.1) is 0 Å². The second-order valence-corrected chi connectivity index (χ2v) is 5.16. The third-order valence-corrected chi connectivity index (χ3v) is 3.72. The van der Waals surface area contributed by atoms with E-state index >= 15 is 0 Å². The van der Waals surface area contributed by atoms with Gasteiger partial charge in [0.1, 0.15) is 5.52 Å². The molecule has 0 spiro atoms. The molecule has 1 aliphatic heterocycles. The minimum absolute atomic E-state index is 0.275. The Labute approximate surface area is 110 Å². The molecule has 1 aromatic heterocycles. The number of anilines is 1. The average molecular weight is 267 g/mol. The fourth-order valence-corrected chi connectivity index (χ4v) is 2.50. The lowest BCUT2D eigenvalue weighted by molar-refractivity contribution is 0.201. The van der Waals surface area contributed by atoms with E-state index in [-0.39, 0.29) is 6.61 Å². The summed E-state index contributed by atoms with van der Waals surface area (Å²) in [6.07, 6.45) is 1.96. The predicted molar refractivity (Wildman–Crippen MR) is 71.0 cm³/mol. The summed E-state index contributed by atoms with van der Waals surface area (Å²) in [6, 6.07) is 6.11. The number of fused-ring (bicyclic) bond motifs is 1. The lowest BCUT2D eigenvalue weighted by Gasteiger charge is -2.29. The zero-order valence-corrected chi connectivity index (χ0v) is 10.7. The number of rotatable bonds is 2. The molecule has 3 rings (SSSR count). The Hall–Kier alpha value is -1.26. The molecule has 2 aromatic rings. The van der Waals surface area contributed by atoms with E-state index in [0.717, 1.165) is 37.0 Å². The van der Waals surface area contributed by atoms with Gasteiger partial charge in [-0.1, -0.05) is 11.6 Å². The number of halogens is 1. The van der Waals surface area contributed by atoms with Crippen LogP contribution in [0.15, 0.2) is 22.6 Å². The average Bonchev–Trinajstić information content (AvgIpc) is 2.81. The van der Waals surface area contributed by atoms with Crippen LogP contribution >= 0.6 is 11.6 Å². The Balaban J connectivity index is 1.82. The van der Waals surface area contributed by atoms with Crippen LogP contribution in [-0.4, -0.2) is 29.8 Å². The fourth-order valence-electron chi connectivity index (χ4n) is 2.33. The van der Waals surface area contributed by atoms with Gasteiger partial charge < -0.3 is 14.4 Å². The first kappa shape index (κ1) is 11.8. The van der Waals surface area contributed by atoms with Crippen LogP contribution in [-0.2, 0) is 0 Å². The van der Waals surface area contributed by atoms with Gasteiger partial charge in [0, 0.05) is 24.7 Å². The highest BCUT2D eigenvalue weighted by Gasteiger charge is 2.22. The van der Waals surface area contributed by atoms with Crippen molar-refractivity contribution in [3.8, 4) is 0 Å². The number of aromatic nitrogens is 1. The van der Waals surface area contributed by atoms with Crippen LogP contribution in [0.25, 0.3) is 11.1 Å². The van der Waals surface area contributed by atoms with Crippen molar-refractivity contribution < 1.29 is 9.52 Å². The monoisotopic (exact) mass is 266 g/mol. The Morgan fingerprint density at radius 3 is 2.89 bits per heavy atom. The summed E-state index contributed by atoms with van der Waals surface area (Å²) in [5.41, 5.74) is 1.56. The van der Waals surface area contributed by atoms with E-state index in [4.69, 9.17) is 21.1 Å². The van der Waals surface area contributed by atoms with Gasteiger partial charge in [-0.2, -0.15) is 4.98 Å². The minimum Gasteiger partial charge on any atom is -0.423 e. The molecule has 0 aliphatic carbocycles. The number of oxazole rings is 1. The summed E-state index contributed by atoms with van der Waals surface area (Å²) in [4.78, 5) is 6.59. The molecule has 0 amide bonds. The Morgan fingerprint density at radius 2 is 2.17 bits per heavy atom. The van der Waals surface area contributed by atoms with Gasteiger partial charge in [0.25, 0.3) is 6.01 Å². The number of aliphatic hydroxyl groups is 1. The molecule has 0 saturated carbocycles. The zero-order chi connectivity index (χ0) is 12.5. The lowest BCUT2D eigenvalue weighted by atomic mass is 9.98. The minimum atomic E-state index is 0.275. The van der Waals surface area contributed by atoms with Gasteiger partial charge in [0.05, 0.1) is 0 Å². The molecule has 0 unspecified atom stereocenters. The van der Waals surface area contributed by atoms with Crippen LogP contribution in [0.2, 0.25) is 5.02 Å². The van der Waals surface area contributed by atoms with Crippen LogP contribution in [0.1, 0.15) is 12.8 Å². The van der Waals surface area contributed by atoms with Crippen LogP contribution in [0.5, 0.6) is 0 Å². The highest BCUT2D eigenvalue weighted by molar-refractivity contribution is 6.31. The maximum Gasteiger partial charge on any atom is 0.298 e. The van der Waals surface area contributed by atoms with E-state index in [1.165, 1.54) is 0 Å². The van der Waals surface area contributed by atoms with Crippen molar-refractivity contribution in [3.63, 3.8) is 0 Å². The molecule has 2 heterocycles. The van der Waals surface area contributed by atoms with E-state index in [9.17, 15) is 0 Å². The summed E-state index contributed by atoms with van der Waals surface area (Å²) in [5, 5.41) is 9.79. The molecule has 1 aromatic carbocycles. The maximum absolute atomic E-state index is 9.12. The van der Waals surface area contributed by atoms with Crippen molar-refractivity contribution in [2.24, 2.45) is 5.92 Å². The standard InChI is InChI=1S/C13H15ClN2O2/c14-10-1-2-12-11(7-10)15-13(18-12)16-5-3-9(8-17)4-6-16/h1-2,7,9,17H,3-6,8H2. The summed E-state index contributed by atoms with van der Waals surface area (Å²) in [6.45, 7) is 2.04. The molecule has 96 valence electrons. The van der Waals surface area contributed by atoms with Gasteiger partial charge in [-0.3, -0.25) is 0 Å². The van der Waals surface area contributed by atoms with Gasteiger partial charge >= 0.3 is 0 Å². The van der Waals surface area contributed by atoms with Crippen molar-refractivity contribution in [3.05, 3.63) is 23.2 Å². The number of aliphatic hydroxyl groups excluding tert-OH is 1. The zero-order valence-electron chi connectivity index (χ0n) is 9.97. The summed E-state index contributed by atoms with van der Waals surface area (Å²) in [5.74, 6) is 0.417. The summed E-state index contributed by atoms with van der Waals surface area (Å²) < 4.78 is 5.73. The molecule has 1 aliphatic rings. The van der Waals surface area contributed by atoms with Gasteiger partial charge in [0.2, 0.25) is 0 Å². The normalized spacial score (nSPS) is 17.6. The van der Waals surface area contributed by atoms with Crippen molar-refractivity contribution >= 4 is 28.7 Å². The van der Waals surface area contributed by atoms with Gasteiger partial charge in [-0.05, 0) is 37.0 Å². The van der Waals surface area contributed by atoms with Crippen LogP contribution in [0.4, 0.5) is 6.01 Å². The van der Waals surface area contributed by atoms with Crippen molar-refractivity contribution in [1.82, 2.24) is 4.98 Å².